The molecule has 0 aliphatic heterocycles. The summed E-state index contributed by atoms with van der Waals surface area (Å²) in [4.78, 5) is 14.8. The van der Waals surface area contributed by atoms with Crippen LogP contribution in [0.5, 0.6) is 0 Å². The number of hydrogen-bond acceptors (Lipinski definition) is 5. The first-order chi connectivity index (χ1) is 14.8. The molecule has 0 atom stereocenters. The predicted molar refractivity (Wildman–Crippen MR) is 120 cm³/mol. The van der Waals surface area contributed by atoms with Crippen LogP contribution in [0.3, 0.4) is 0 Å². The summed E-state index contributed by atoms with van der Waals surface area (Å²) in [5, 5.41) is 6.72. The summed E-state index contributed by atoms with van der Waals surface area (Å²) < 4.78 is 30.6. The first-order valence-electron chi connectivity index (χ1n) is 11.0. The van der Waals surface area contributed by atoms with Gasteiger partial charge in [-0.15, -0.1) is 0 Å². The predicted octanol–water partition coefficient (Wildman–Crippen LogP) is 0.538. The average molecular weight is 468 g/mol. The van der Waals surface area contributed by atoms with Crippen molar-refractivity contribution in [2.75, 3.05) is 18.4 Å². The van der Waals surface area contributed by atoms with Crippen molar-refractivity contribution in [2.24, 2.45) is 7.05 Å². The van der Waals surface area contributed by atoms with Crippen molar-refractivity contribution in [3.8, 4) is 0 Å². The SMILES string of the molecule is CCN(CC)Cc1cc(S(=O)(=O)[N-]C(=O)Nc2c3c(cc4c2CCC4)CCC3)nn1C.[Na+]. The summed E-state index contributed by atoms with van der Waals surface area (Å²) in [6.07, 6.45) is 5.92. The zero-order chi connectivity index (χ0) is 22.2. The minimum absolute atomic E-state index is 0. The van der Waals surface area contributed by atoms with E-state index in [1.54, 1.807) is 7.05 Å². The molecule has 1 heterocycles. The van der Waals surface area contributed by atoms with Crippen LogP contribution < -0.4 is 34.9 Å². The summed E-state index contributed by atoms with van der Waals surface area (Å²) in [6.45, 7) is 6.38. The number of urea groups is 1. The zero-order valence-electron chi connectivity index (χ0n) is 19.4. The summed E-state index contributed by atoms with van der Waals surface area (Å²) in [5.41, 5.74) is 6.36. The van der Waals surface area contributed by atoms with Gasteiger partial charge in [-0.2, -0.15) is 5.10 Å². The Morgan fingerprint density at radius 3 is 2.25 bits per heavy atom. The van der Waals surface area contributed by atoms with Crippen LogP contribution in [0.4, 0.5) is 10.5 Å². The standard InChI is InChI=1S/C22H31N5O3S.Na/c1-4-27(5-2)14-17-13-20(24-26(17)3)31(29,30)25-22(28)23-21-18-10-6-8-15(18)12-16-9-7-11-19(16)21;/h12-13H,4-11,14H2,1-3H3,(H2,23,25,28);/q;+1/p-1. The number of anilines is 1. The van der Waals surface area contributed by atoms with Gasteiger partial charge in [0.05, 0.1) is 5.69 Å². The van der Waals surface area contributed by atoms with E-state index in [0.29, 0.717) is 6.54 Å². The van der Waals surface area contributed by atoms with Gasteiger partial charge >= 0.3 is 29.6 Å². The first-order valence-corrected chi connectivity index (χ1v) is 12.5. The normalized spacial score (nSPS) is 14.8. The molecular formula is C22H30N5NaO3S. The summed E-state index contributed by atoms with van der Waals surface area (Å²) in [7, 11) is -2.49. The molecule has 0 bridgehead atoms. The number of hydrogen-bond donors (Lipinski definition) is 1. The maximum absolute atomic E-state index is 12.8. The second kappa shape index (κ2) is 10.3. The number of nitrogens with one attached hydrogen (secondary N) is 1. The summed E-state index contributed by atoms with van der Waals surface area (Å²) in [6, 6.07) is 2.91. The van der Waals surface area contributed by atoms with Crippen LogP contribution in [-0.2, 0) is 49.3 Å². The second-order valence-corrected chi connectivity index (χ2v) is 9.84. The number of carbonyl (C=O) groups excluding carboxylic acids is 1. The zero-order valence-corrected chi connectivity index (χ0v) is 22.3. The smallest absolute Gasteiger partial charge is 0.423 e. The molecule has 0 saturated heterocycles. The molecule has 0 unspecified atom stereocenters. The van der Waals surface area contributed by atoms with Gasteiger partial charge in [-0.05, 0) is 85.6 Å². The number of rotatable bonds is 7. The first kappa shape index (κ1) is 25.2. The van der Waals surface area contributed by atoms with Crippen LogP contribution in [0.15, 0.2) is 17.2 Å². The Hall–Kier alpha value is -1.39. The van der Waals surface area contributed by atoms with Crippen molar-refractivity contribution in [3.63, 3.8) is 0 Å². The number of sulfonamides is 1. The molecule has 0 fully saturated rings. The van der Waals surface area contributed by atoms with Gasteiger partial charge in [0.15, 0.2) is 11.1 Å². The van der Waals surface area contributed by atoms with E-state index in [-0.39, 0.29) is 34.6 Å². The van der Waals surface area contributed by atoms with E-state index in [9.17, 15) is 13.2 Å². The molecule has 0 saturated carbocycles. The molecule has 2 amide bonds. The molecule has 4 rings (SSSR count). The third-order valence-corrected chi connectivity index (χ3v) is 7.54. The molecule has 2 aliphatic carbocycles. The van der Waals surface area contributed by atoms with Crippen LogP contribution in [-0.4, -0.2) is 42.2 Å². The number of aromatic nitrogens is 2. The van der Waals surface area contributed by atoms with Crippen LogP contribution in [0.2, 0.25) is 0 Å². The molecule has 2 aliphatic rings. The molecule has 1 N–H and O–H groups in total. The van der Waals surface area contributed by atoms with E-state index in [4.69, 9.17) is 0 Å². The third-order valence-electron chi connectivity index (χ3n) is 6.41. The maximum atomic E-state index is 12.8. The fourth-order valence-electron chi connectivity index (χ4n) is 4.68. The number of fused-ring (bicyclic) bond motifs is 2. The number of aryl methyl sites for hydroxylation is 3. The Balaban J connectivity index is 0.00000289. The minimum atomic E-state index is -4.20. The van der Waals surface area contributed by atoms with Crippen LogP contribution in [0, 0.1) is 0 Å². The van der Waals surface area contributed by atoms with Crippen LogP contribution >= 0.6 is 0 Å². The van der Waals surface area contributed by atoms with Gasteiger partial charge in [0.1, 0.15) is 0 Å². The van der Waals surface area contributed by atoms with Crippen molar-refractivity contribution in [2.45, 2.75) is 63.9 Å². The molecule has 2 aromatic rings. The van der Waals surface area contributed by atoms with E-state index in [1.807, 2.05) is 13.8 Å². The monoisotopic (exact) mass is 467 g/mol. The van der Waals surface area contributed by atoms with E-state index in [0.717, 1.165) is 74.1 Å². The van der Waals surface area contributed by atoms with Crippen molar-refractivity contribution >= 4 is 21.7 Å². The van der Waals surface area contributed by atoms with Gasteiger partial charge in [-0.25, -0.2) is 8.42 Å². The largest absolute Gasteiger partial charge is 1.00 e. The van der Waals surface area contributed by atoms with Gasteiger partial charge in [0, 0.05) is 13.6 Å². The van der Waals surface area contributed by atoms with E-state index in [2.05, 4.69) is 26.1 Å². The molecule has 0 radical (unpaired) electrons. The minimum Gasteiger partial charge on any atom is -0.423 e. The average Bonchev–Trinajstić information content (AvgIpc) is 3.45. The van der Waals surface area contributed by atoms with Gasteiger partial charge in [0.25, 0.3) is 0 Å². The number of amides is 2. The van der Waals surface area contributed by atoms with Crippen molar-refractivity contribution in [1.29, 1.82) is 0 Å². The van der Waals surface area contributed by atoms with Gasteiger partial charge < -0.3 is 10.0 Å². The molecule has 10 heteroatoms. The van der Waals surface area contributed by atoms with Gasteiger partial charge in [-0.3, -0.25) is 14.4 Å². The molecule has 32 heavy (non-hydrogen) atoms. The molecular weight excluding hydrogens is 437 g/mol. The summed E-state index contributed by atoms with van der Waals surface area (Å²) >= 11 is 0. The van der Waals surface area contributed by atoms with Crippen molar-refractivity contribution in [3.05, 3.63) is 44.8 Å². The van der Waals surface area contributed by atoms with Crippen molar-refractivity contribution < 1.29 is 42.8 Å². The molecule has 8 nitrogen and oxygen atoms in total. The Bertz CT molecular complexity index is 1080. The van der Waals surface area contributed by atoms with Gasteiger partial charge in [0.2, 0.25) is 10.0 Å². The fourth-order valence-corrected chi connectivity index (χ4v) is 5.55. The quantitative estimate of drug-likeness (QED) is 0.600. The van der Waals surface area contributed by atoms with E-state index < -0.39 is 16.1 Å². The fraction of sp³-hybridized carbons (Fsp3) is 0.545. The van der Waals surface area contributed by atoms with Crippen LogP contribution in [0.25, 0.3) is 4.72 Å². The number of benzene rings is 1. The number of nitrogens with zero attached hydrogens (tertiary/aromatic N) is 4. The summed E-state index contributed by atoms with van der Waals surface area (Å²) in [5.74, 6) is 0. The van der Waals surface area contributed by atoms with Crippen LogP contribution in [0.1, 0.15) is 54.6 Å². The van der Waals surface area contributed by atoms with Gasteiger partial charge in [-0.1, -0.05) is 19.9 Å². The Kier molecular flexibility index (Phi) is 8.09. The third kappa shape index (κ3) is 5.07. The molecule has 1 aromatic carbocycles. The molecule has 1 aromatic heterocycles. The topological polar surface area (TPSA) is 98.4 Å². The Morgan fingerprint density at radius 1 is 1.09 bits per heavy atom. The number of carbonyl (C=O) groups is 1. The Morgan fingerprint density at radius 2 is 1.69 bits per heavy atom. The van der Waals surface area contributed by atoms with E-state index in [1.165, 1.54) is 21.9 Å². The molecule has 0 spiro atoms. The van der Waals surface area contributed by atoms with E-state index >= 15 is 0 Å². The maximum Gasteiger partial charge on any atom is 1.00 e. The molecule has 168 valence electrons. The second-order valence-electron chi connectivity index (χ2n) is 8.29. The Labute approximate surface area is 212 Å². The van der Waals surface area contributed by atoms with Crippen molar-refractivity contribution in [1.82, 2.24) is 14.7 Å².